The first-order valence-corrected chi connectivity index (χ1v) is 6.47. The molecule has 6 heteroatoms. The molecular weight excluding hydrogens is 254 g/mol. The van der Waals surface area contributed by atoms with E-state index in [0.29, 0.717) is 11.6 Å². The Hall–Kier alpha value is -1.07. The Bertz CT molecular complexity index is 431. The second kappa shape index (κ2) is 6.20. The first-order chi connectivity index (χ1) is 8.42. The highest BCUT2D eigenvalue weighted by Crippen LogP contribution is 2.23. The minimum atomic E-state index is -0.841. The van der Waals surface area contributed by atoms with Crippen LogP contribution in [0.5, 0.6) is 0 Å². The number of aliphatic carboxylic acids is 1. The Balaban J connectivity index is 2.96. The second-order valence-electron chi connectivity index (χ2n) is 4.31. The van der Waals surface area contributed by atoms with Gasteiger partial charge in [-0.3, -0.25) is 14.4 Å². The third-order valence-electron chi connectivity index (χ3n) is 3.11. The van der Waals surface area contributed by atoms with Crippen molar-refractivity contribution in [2.75, 3.05) is 7.05 Å². The molecule has 1 aromatic rings. The van der Waals surface area contributed by atoms with Crippen LogP contribution in [-0.4, -0.2) is 38.8 Å². The first-order valence-electron chi connectivity index (χ1n) is 6.09. The molecule has 0 fully saturated rings. The maximum atomic E-state index is 10.9. The predicted octanol–water partition coefficient (Wildman–Crippen LogP) is 2.02. The molecule has 1 atom stereocenters. The number of aryl methyl sites for hydroxylation is 2. The number of carbonyl (C=O) groups is 1. The van der Waals surface area contributed by atoms with E-state index in [1.165, 1.54) is 0 Å². The van der Waals surface area contributed by atoms with Crippen molar-refractivity contribution >= 4 is 17.6 Å². The van der Waals surface area contributed by atoms with E-state index < -0.39 is 12.0 Å². The van der Waals surface area contributed by atoms with Crippen molar-refractivity contribution in [2.24, 2.45) is 0 Å². The molecule has 1 aromatic heterocycles. The molecule has 0 bridgehead atoms. The standard InChI is InChI=1S/C12H20ClN3O2/c1-5-9-11(13)10(16(6-2)14-9)7-15(4)8(3)12(17)18/h8H,5-7H2,1-4H3,(H,17,18). The van der Waals surface area contributed by atoms with Gasteiger partial charge in [-0.2, -0.15) is 5.10 Å². The molecule has 1 unspecified atom stereocenters. The molecule has 1 N–H and O–H groups in total. The fourth-order valence-corrected chi connectivity index (χ4v) is 2.06. The molecule has 0 aliphatic heterocycles. The number of aromatic nitrogens is 2. The van der Waals surface area contributed by atoms with Gasteiger partial charge in [0, 0.05) is 13.1 Å². The van der Waals surface area contributed by atoms with Crippen LogP contribution in [-0.2, 0) is 24.3 Å². The zero-order valence-electron chi connectivity index (χ0n) is 11.3. The molecular formula is C12H20ClN3O2. The van der Waals surface area contributed by atoms with Gasteiger partial charge in [-0.05, 0) is 27.3 Å². The van der Waals surface area contributed by atoms with E-state index in [4.69, 9.17) is 16.7 Å². The van der Waals surface area contributed by atoms with Crippen LogP contribution in [0.4, 0.5) is 0 Å². The lowest BCUT2D eigenvalue weighted by Gasteiger charge is -2.21. The van der Waals surface area contributed by atoms with E-state index in [-0.39, 0.29) is 0 Å². The van der Waals surface area contributed by atoms with Crippen LogP contribution in [0.2, 0.25) is 5.02 Å². The molecule has 5 nitrogen and oxygen atoms in total. The van der Waals surface area contributed by atoms with E-state index in [1.807, 2.05) is 18.5 Å². The first kappa shape index (κ1) is 15.0. The average Bonchev–Trinajstić information content (AvgIpc) is 2.65. The maximum absolute atomic E-state index is 10.9. The Morgan fingerprint density at radius 1 is 1.56 bits per heavy atom. The van der Waals surface area contributed by atoms with E-state index in [9.17, 15) is 4.79 Å². The van der Waals surface area contributed by atoms with E-state index >= 15 is 0 Å². The molecule has 0 aromatic carbocycles. The lowest BCUT2D eigenvalue weighted by molar-refractivity contribution is -0.142. The summed E-state index contributed by atoms with van der Waals surface area (Å²) in [6, 6.07) is -0.550. The Morgan fingerprint density at radius 2 is 2.17 bits per heavy atom. The third-order valence-corrected chi connectivity index (χ3v) is 3.55. The maximum Gasteiger partial charge on any atom is 0.320 e. The van der Waals surface area contributed by atoms with Crippen molar-refractivity contribution in [3.8, 4) is 0 Å². The summed E-state index contributed by atoms with van der Waals surface area (Å²) in [5.41, 5.74) is 1.75. The van der Waals surface area contributed by atoms with Crippen LogP contribution >= 0.6 is 11.6 Å². The van der Waals surface area contributed by atoms with Crippen molar-refractivity contribution in [2.45, 2.75) is 46.3 Å². The summed E-state index contributed by atoms with van der Waals surface area (Å²) in [5, 5.41) is 14.1. The van der Waals surface area contributed by atoms with Gasteiger partial charge in [0.15, 0.2) is 0 Å². The minimum Gasteiger partial charge on any atom is -0.480 e. The van der Waals surface area contributed by atoms with Gasteiger partial charge in [0.2, 0.25) is 0 Å². The van der Waals surface area contributed by atoms with Crippen LogP contribution in [0.15, 0.2) is 0 Å². The van der Waals surface area contributed by atoms with Crippen molar-refractivity contribution in [3.63, 3.8) is 0 Å². The summed E-state index contributed by atoms with van der Waals surface area (Å²) in [6.07, 6.45) is 0.775. The number of rotatable bonds is 6. The Labute approximate surface area is 112 Å². The van der Waals surface area contributed by atoms with E-state index in [2.05, 4.69) is 5.10 Å². The van der Waals surface area contributed by atoms with E-state index in [1.54, 1.807) is 18.9 Å². The molecule has 0 radical (unpaired) electrons. The average molecular weight is 274 g/mol. The fourth-order valence-electron chi connectivity index (χ4n) is 1.73. The molecule has 1 rings (SSSR count). The summed E-state index contributed by atoms with van der Waals surface area (Å²) < 4.78 is 1.84. The monoisotopic (exact) mass is 273 g/mol. The SMILES string of the molecule is CCc1nn(CC)c(CN(C)C(C)C(=O)O)c1Cl. The number of carboxylic acid groups (broad SMARTS) is 1. The smallest absolute Gasteiger partial charge is 0.320 e. The zero-order chi connectivity index (χ0) is 13.9. The van der Waals surface area contributed by atoms with Gasteiger partial charge in [0.05, 0.1) is 16.4 Å². The third kappa shape index (κ3) is 3.03. The molecule has 102 valence electrons. The Kier molecular flexibility index (Phi) is 5.16. The second-order valence-corrected chi connectivity index (χ2v) is 4.68. The van der Waals surface area contributed by atoms with Crippen LogP contribution in [0.25, 0.3) is 0 Å². The van der Waals surface area contributed by atoms with E-state index in [0.717, 1.165) is 24.4 Å². The highest BCUT2D eigenvalue weighted by molar-refractivity contribution is 6.31. The molecule has 18 heavy (non-hydrogen) atoms. The molecule has 0 aliphatic carbocycles. The largest absolute Gasteiger partial charge is 0.480 e. The fraction of sp³-hybridized carbons (Fsp3) is 0.667. The van der Waals surface area contributed by atoms with Crippen LogP contribution in [0.1, 0.15) is 32.2 Å². The zero-order valence-corrected chi connectivity index (χ0v) is 12.0. The molecule has 0 saturated carbocycles. The summed E-state index contributed by atoms with van der Waals surface area (Å²) in [5.74, 6) is -0.841. The van der Waals surface area contributed by atoms with Gasteiger partial charge in [0.25, 0.3) is 0 Å². The lowest BCUT2D eigenvalue weighted by Crippen LogP contribution is -2.35. The molecule has 0 aliphatic rings. The number of hydrogen-bond donors (Lipinski definition) is 1. The molecule has 0 amide bonds. The summed E-state index contributed by atoms with van der Waals surface area (Å²) in [6.45, 7) is 6.86. The van der Waals surface area contributed by atoms with Gasteiger partial charge in [0.1, 0.15) is 6.04 Å². The highest BCUT2D eigenvalue weighted by atomic mass is 35.5. The minimum absolute atomic E-state index is 0.479. The molecule has 1 heterocycles. The van der Waals surface area contributed by atoms with Crippen LogP contribution in [0, 0.1) is 0 Å². The topological polar surface area (TPSA) is 58.4 Å². The number of hydrogen-bond acceptors (Lipinski definition) is 3. The predicted molar refractivity (Wildman–Crippen MR) is 70.9 cm³/mol. The number of carboxylic acids is 1. The summed E-state index contributed by atoms with van der Waals surface area (Å²) in [4.78, 5) is 12.7. The van der Waals surface area contributed by atoms with Gasteiger partial charge >= 0.3 is 5.97 Å². The Morgan fingerprint density at radius 3 is 2.61 bits per heavy atom. The number of likely N-dealkylation sites (N-methyl/N-ethyl adjacent to an activating group) is 1. The van der Waals surface area contributed by atoms with Crippen molar-refractivity contribution in [1.82, 2.24) is 14.7 Å². The van der Waals surface area contributed by atoms with Crippen molar-refractivity contribution < 1.29 is 9.90 Å². The molecule has 0 saturated heterocycles. The summed E-state index contributed by atoms with van der Waals surface area (Å²) >= 11 is 6.28. The van der Waals surface area contributed by atoms with Gasteiger partial charge in [-0.25, -0.2) is 0 Å². The quantitative estimate of drug-likeness (QED) is 0.862. The normalized spacial score (nSPS) is 13.0. The van der Waals surface area contributed by atoms with Gasteiger partial charge < -0.3 is 5.11 Å². The van der Waals surface area contributed by atoms with Crippen LogP contribution in [0.3, 0.4) is 0 Å². The van der Waals surface area contributed by atoms with Crippen LogP contribution < -0.4 is 0 Å². The highest BCUT2D eigenvalue weighted by Gasteiger charge is 2.21. The molecule has 0 spiro atoms. The van der Waals surface area contributed by atoms with Gasteiger partial charge in [-0.15, -0.1) is 0 Å². The lowest BCUT2D eigenvalue weighted by atomic mass is 10.2. The van der Waals surface area contributed by atoms with Gasteiger partial charge in [-0.1, -0.05) is 18.5 Å². The van der Waals surface area contributed by atoms with Crippen molar-refractivity contribution in [1.29, 1.82) is 0 Å². The summed E-state index contributed by atoms with van der Waals surface area (Å²) in [7, 11) is 1.77. The number of halogens is 1. The number of nitrogens with zero attached hydrogens (tertiary/aromatic N) is 3. The van der Waals surface area contributed by atoms with Crippen molar-refractivity contribution in [3.05, 3.63) is 16.4 Å².